The molecule has 4 rings (SSSR count). The highest BCUT2D eigenvalue weighted by Crippen LogP contribution is 2.33. The smallest absolute Gasteiger partial charge is 0.326 e. The lowest BCUT2D eigenvalue weighted by molar-refractivity contribution is 0.246. The minimum atomic E-state index is -0.0919. The molecule has 2 amide bonds. The number of rotatable bonds is 2. The van der Waals surface area contributed by atoms with E-state index in [0.717, 1.165) is 36.4 Å². The molecular formula is C18H22N4O. The van der Waals surface area contributed by atoms with Gasteiger partial charge >= 0.3 is 6.03 Å². The number of aromatic amines is 1. The number of carbonyl (C=O) groups is 1. The highest BCUT2D eigenvalue weighted by atomic mass is 16.2. The summed E-state index contributed by atoms with van der Waals surface area (Å²) in [5.74, 6) is 0.623. The minimum Gasteiger partial charge on any atom is -0.361 e. The summed E-state index contributed by atoms with van der Waals surface area (Å²) in [6, 6.07) is 6.18. The van der Waals surface area contributed by atoms with Crippen molar-refractivity contribution in [2.45, 2.75) is 25.2 Å². The molecule has 0 saturated carbocycles. The third-order valence-corrected chi connectivity index (χ3v) is 4.95. The molecule has 1 aromatic heterocycles. The molecule has 2 saturated heterocycles. The van der Waals surface area contributed by atoms with Crippen molar-refractivity contribution in [3.63, 3.8) is 0 Å². The van der Waals surface area contributed by atoms with Crippen LogP contribution >= 0.6 is 0 Å². The standard InChI is InChI=1S/C18H22N4O/c1-12-6-9-22(18(23)21-12)14-2-3-15-16(11-20-17(15)10-14)13-4-7-19-8-5-13/h2-3,10-11,13,19-20H,1,4-9H2,(H,21,23). The van der Waals surface area contributed by atoms with Gasteiger partial charge < -0.3 is 15.6 Å². The number of fused-ring (bicyclic) bond motifs is 1. The van der Waals surface area contributed by atoms with E-state index < -0.39 is 0 Å². The minimum absolute atomic E-state index is 0.0919. The number of carbonyl (C=O) groups excluding carboxylic acids is 1. The number of H-pyrrole nitrogens is 1. The number of amides is 2. The number of benzene rings is 1. The van der Waals surface area contributed by atoms with Gasteiger partial charge in [-0.25, -0.2) is 4.79 Å². The lowest BCUT2D eigenvalue weighted by atomic mass is 9.90. The molecule has 3 N–H and O–H groups in total. The Kier molecular flexibility index (Phi) is 3.58. The fourth-order valence-corrected chi connectivity index (χ4v) is 3.65. The molecule has 0 aliphatic carbocycles. The largest absolute Gasteiger partial charge is 0.361 e. The maximum Gasteiger partial charge on any atom is 0.326 e. The maximum absolute atomic E-state index is 12.1. The number of piperidine rings is 1. The summed E-state index contributed by atoms with van der Waals surface area (Å²) in [5, 5.41) is 7.51. The predicted octanol–water partition coefficient (Wildman–Crippen LogP) is 3.07. The SMILES string of the molecule is C=C1CCN(c2ccc3c(C4CCNCC4)c[nH]c3c2)C(=O)N1. The van der Waals surface area contributed by atoms with Crippen LogP contribution in [0.15, 0.2) is 36.7 Å². The molecule has 5 heteroatoms. The van der Waals surface area contributed by atoms with Crippen LogP contribution in [0.25, 0.3) is 10.9 Å². The van der Waals surface area contributed by atoms with E-state index in [9.17, 15) is 4.79 Å². The zero-order chi connectivity index (χ0) is 15.8. The van der Waals surface area contributed by atoms with Gasteiger partial charge in [0.25, 0.3) is 0 Å². The third kappa shape index (κ3) is 2.61. The number of hydrogen-bond acceptors (Lipinski definition) is 2. The predicted molar refractivity (Wildman–Crippen MR) is 92.8 cm³/mol. The van der Waals surface area contributed by atoms with Gasteiger partial charge in [0.15, 0.2) is 0 Å². The molecule has 1 aromatic carbocycles. The van der Waals surface area contributed by atoms with Crippen LogP contribution in [0.5, 0.6) is 0 Å². The normalized spacial score (nSPS) is 20.1. The van der Waals surface area contributed by atoms with Crippen molar-refractivity contribution >= 4 is 22.6 Å². The van der Waals surface area contributed by atoms with Crippen molar-refractivity contribution in [2.75, 3.05) is 24.5 Å². The van der Waals surface area contributed by atoms with Gasteiger partial charge in [-0.15, -0.1) is 0 Å². The van der Waals surface area contributed by atoms with E-state index in [0.29, 0.717) is 12.5 Å². The van der Waals surface area contributed by atoms with Crippen molar-refractivity contribution < 1.29 is 4.79 Å². The van der Waals surface area contributed by atoms with Crippen LogP contribution in [-0.4, -0.2) is 30.6 Å². The lowest BCUT2D eigenvalue weighted by Gasteiger charge is -2.28. The Hall–Kier alpha value is -2.27. The average molecular weight is 310 g/mol. The summed E-state index contributed by atoms with van der Waals surface area (Å²) in [6.07, 6.45) is 5.30. The van der Waals surface area contributed by atoms with Crippen LogP contribution in [0.1, 0.15) is 30.7 Å². The van der Waals surface area contributed by atoms with Gasteiger partial charge in [0, 0.05) is 41.4 Å². The van der Waals surface area contributed by atoms with E-state index in [1.165, 1.54) is 23.8 Å². The van der Waals surface area contributed by atoms with Gasteiger partial charge in [-0.05, 0) is 49.5 Å². The van der Waals surface area contributed by atoms with Gasteiger partial charge in [0.05, 0.1) is 0 Å². The lowest BCUT2D eigenvalue weighted by Crippen LogP contribution is -2.45. The van der Waals surface area contributed by atoms with Crippen molar-refractivity contribution in [1.29, 1.82) is 0 Å². The number of nitrogens with zero attached hydrogens (tertiary/aromatic N) is 1. The first-order valence-corrected chi connectivity index (χ1v) is 8.30. The van der Waals surface area contributed by atoms with Crippen LogP contribution in [0.4, 0.5) is 10.5 Å². The Bertz CT molecular complexity index is 757. The Morgan fingerprint density at radius 3 is 2.83 bits per heavy atom. The second-order valence-electron chi connectivity index (χ2n) is 6.43. The molecule has 120 valence electrons. The summed E-state index contributed by atoms with van der Waals surface area (Å²) >= 11 is 0. The molecule has 0 radical (unpaired) electrons. The average Bonchev–Trinajstić information content (AvgIpc) is 2.99. The summed E-state index contributed by atoms with van der Waals surface area (Å²) in [6.45, 7) is 6.69. The second-order valence-corrected chi connectivity index (χ2v) is 6.43. The summed E-state index contributed by atoms with van der Waals surface area (Å²) in [4.78, 5) is 17.3. The van der Waals surface area contributed by atoms with E-state index in [-0.39, 0.29) is 6.03 Å². The first-order valence-electron chi connectivity index (χ1n) is 8.30. The fraction of sp³-hybridized carbons (Fsp3) is 0.389. The topological polar surface area (TPSA) is 60.2 Å². The zero-order valence-corrected chi connectivity index (χ0v) is 13.2. The number of nitrogens with one attached hydrogen (secondary N) is 3. The fourth-order valence-electron chi connectivity index (χ4n) is 3.65. The highest BCUT2D eigenvalue weighted by molar-refractivity contribution is 5.97. The van der Waals surface area contributed by atoms with Gasteiger partial charge in [0.1, 0.15) is 0 Å². The van der Waals surface area contributed by atoms with Gasteiger partial charge in [-0.3, -0.25) is 4.90 Å². The molecule has 0 atom stereocenters. The van der Waals surface area contributed by atoms with E-state index in [1.807, 2.05) is 0 Å². The molecule has 0 unspecified atom stereocenters. The third-order valence-electron chi connectivity index (χ3n) is 4.95. The number of aromatic nitrogens is 1. The summed E-state index contributed by atoms with van der Waals surface area (Å²) < 4.78 is 0. The Balaban J connectivity index is 1.64. The molecule has 3 heterocycles. The summed E-state index contributed by atoms with van der Waals surface area (Å²) in [7, 11) is 0. The van der Waals surface area contributed by atoms with E-state index >= 15 is 0 Å². The molecule has 0 bridgehead atoms. The quantitative estimate of drug-likeness (QED) is 0.798. The molecule has 2 fully saturated rings. The molecule has 2 aliphatic heterocycles. The van der Waals surface area contributed by atoms with Gasteiger partial charge in [-0.1, -0.05) is 12.6 Å². The Morgan fingerprint density at radius 2 is 2.04 bits per heavy atom. The van der Waals surface area contributed by atoms with Crippen LogP contribution in [0.2, 0.25) is 0 Å². The molecular weight excluding hydrogens is 288 g/mol. The molecule has 2 aliphatic rings. The van der Waals surface area contributed by atoms with Gasteiger partial charge in [-0.2, -0.15) is 0 Å². The summed E-state index contributed by atoms with van der Waals surface area (Å²) in [5.41, 5.74) is 4.24. The van der Waals surface area contributed by atoms with Crippen molar-refractivity contribution in [3.05, 3.63) is 42.2 Å². The number of urea groups is 1. The maximum atomic E-state index is 12.1. The van der Waals surface area contributed by atoms with Crippen LogP contribution in [0.3, 0.4) is 0 Å². The van der Waals surface area contributed by atoms with E-state index in [4.69, 9.17) is 0 Å². The number of anilines is 1. The Morgan fingerprint density at radius 1 is 1.22 bits per heavy atom. The van der Waals surface area contributed by atoms with Crippen molar-refractivity contribution in [3.8, 4) is 0 Å². The van der Waals surface area contributed by atoms with Crippen molar-refractivity contribution in [1.82, 2.24) is 15.6 Å². The molecule has 23 heavy (non-hydrogen) atoms. The van der Waals surface area contributed by atoms with E-state index in [1.54, 1.807) is 4.90 Å². The second kappa shape index (κ2) is 5.74. The first kappa shape index (κ1) is 14.3. The highest BCUT2D eigenvalue weighted by Gasteiger charge is 2.23. The van der Waals surface area contributed by atoms with Crippen LogP contribution < -0.4 is 15.5 Å². The molecule has 5 nitrogen and oxygen atoms in total. The molecule has 0 spiro atoms. The first-order chi connectivity index (χ1) is 11.2. The van der Waals surface area contributed by atoms with Crippen LogP contribution in [-0.2, 0) is 0 Å². The van der Waals surface area contributed by atoms with Gasteiger partial charge in [0.2, 0.25) is 0 Å². The molecule has 2 aromatic rings. The Labute approximate surface area is 135 Å². The van der Waals surface area contributed by atoms with Crippen molar-refractivity contribution in [2.24, 2.45) is 0 Å². The monoisotopic (exact) mass is 310 g/mol. The van der Waals surface area contributed by atoms with Crippen LogP contribution in [0, 0.1) is 0 Å². The van der Waals surface area contributed by atoms with E-state index in [2.05, 4.69) is 46.6 Å². The zero-order valence-electron chi connectivity index (χ0n) is 13.2. The number of hydrogen-bond donors (Lipinski definition) is 3.